The minimum atomic E-state index is -1.40. The van der Waals surface area contributed by atoms with Gasteiger partial charge < -0.3 is 14.9 Å². The molecule has 0 bridgehead atoms. The molecule has 4 nitrogen and oxygen atoms in total. The summed E-state index contributed by atoms with van der Waals surface area (Å²) in [5.41, 5.74) is 0. The van der Waals surface area contributed by atoms with Gasteiger partial charge in [0.25, 0.3) is 0 Å². The van der Waals surface area contributed by atoms with Crippen LogP contribution in [0.25, 0.3) is 0 Å². The standard InChI is InChI=1S/C6H8O4/c7-3-4-1-2-5(8)6(9)10-4/h1-2,4,6-7,9H,3H2/t4-,6?/m0/s1. The Kier molecular flexibility index (Phi) is 2.16. The van der Waals surface area contributed by atoms with E-state index in [1.54, 1.807) is 0 Å². The smallest absolute Gasteiger partial charge is 0.220 e. The van der Waals surface area contributed by atoms with Crippen LogP contribution in [-0.2, 0) is 9.53 Å². The monoisotopic (exact) mass is 144 g/mol. The van der Waals surface area contributed by atoms with Crippen LogP contribution >= 0.6 is 0 Å². The second kappa shape index (κ2) is 2.92. The van der Waals surface area contributed by atoms with Crippen LogP contribution in [0, 0.1) is 0 Å². The number of aliphatic hydroxyl groups excluding tert-OH is 2. The van der Waals surface area contributed by atoms with Crippen LogP contribution in [0.2, 0.25) is 0 Å². The molecule has 0 radical (unpaired) electrons. The zero-order chi connectivity index (χ0) is 7.56. The first-order valence-electron chi connectivity index (χ1n) is 2.90. The van der Waals surface area contributed by atoms with Gasteiger partial charge in [-0.2, -0.15) is 0 Å². The van der Waals surface area contributed by atoms with Crippen LogP contribution in [0.1, 0.15) is 0 Å². The molecule has 0 fully saturated rings. The maximum absolute atomic E-state index is 10.5. The highest BCUT2D eigenvalue weighted by molar-refractivity contribution is 5.93. The normalized spacial score (nSPS) is 32.8. The van der Waals surface area contributed by atoms with Crippen molar-refractivity contribution in [1.82, 2.24) is 0 Å². The first-order valence-corrected chi connectivity index (χ1v) is 2.90. The Morgan fingerprint density at radius 3 is 2.90 bits per heavy atom. The molecular formula is C6H8O4. The van der Waals surface area contributed by atoms with Gasteiger partial charge in [-0.15, -0.1) is 0 Å². The number of ether oxygens (including phenoxy) is 1. The van der Waals surface area contributed by atoms with E-state index in [1.807, 2.05) is 0 Å². The van der Waals surface area contributed by atoms with Crippen molar-refractivity contribution >= 4 is 5.78 Å². The lowest BCUT2D eigenvalue weighted by atomic mass is 10.2. The van der Waals surface area contributed by atoms with Crippen LogP contribution in [-0.4, -0.2) is 35.0 Å². The molecule has 1 rings (SSSR count). The zero-order valence-electron chi connectivity index (χ0n) is 5.23. The summed E-state index contributed by atoms with van der Waals surface area (Å²) in [4.78, 5) is 10.5. The van der Waals surface area contributed by atoms with Gasteiger partial charge in [-0.25, -0.2) is 0 Å². The number of hydrogen-bond donors (Lipinski definition) is 2. The van der Waals surface area contributed by atoms with E-state index in [4.69, 9.17) is 10.2 Å². The summed E-state index contributed by atoms with van der Waals surface area (Å²) in [6.45, 7) is -0.221. The van der Waals surface area contributed by atoms with E-state index in [0.29, 0.717) is 0 Å². The summed E-state index contributed by atoms with van der Waals surface area (Å²) in [7, 11) is 0. The molecule has 0 aromatic rings. The quantitative estimate of drug-likeness (QED) is 0.486. The molecule has 2 atom stereocenters. The molecule has 0 amide bonds. The van der Waals surface area contributed by atoms with E-state index < -0.39 is 18.2 Å². The summed E-state index contributed by atoms with van der Waals surface area (Å²) in [6, 6.07) is 0. The Bertz CT molecular complexity index is 163. The molecule has 1 heterocycles. The van der Waals surface area contributed by atoms with E-state index in [2.05, 4.69) is 4.74 Å². The summed E-state index contributed by atoms with van der Waals surface area (Å²) < 4.78 is 4.62. The van der Waals surface area contributed by atoms with Crippen LogP contribution in [0.4, 0.5) is 0 Å². The third kappa shape index (κ3) is 1.41. The molecule has 1 aliphatic rings. The molecule has 56 valence electrons. The summed E-state index contributed by atoms with van der Waals surface area (Å²) >= 11 is 0. The molecular weight excluding hydrogens is 136 g/mol. The van der Waals surface area contributed by atoms with Crippen LogP contribution < -0.4 is 0 Å². The molecule has 10 heavy (non-hydrogen) atoms. The van der Waals surface area contributed by atoms with Crippen molar-refractivity contribution in [3.8, 4) is 0 Å². The van der Waals surface area contributed by atoms with Gasteiger partial charge in [-0.05, 0) is 12.2 Å². The van der Waals surface area contributed by atoms with Crippen molar-refractivity contribution in [1.29, 1.82) is 0 Å². The van der Waals surface area contributed by atoms with E-state index in [9.17, 15) is 4.79 Å². The molecule has 1 aliphatic heterocycles. The maximum atomic E-state index is 10.5. The molecule has 0 aliphatic carbocycles. The highest BCUT2D eigenvalue weighted by atomic mass is 16.6. The molecule has 0 aromatic heterocycles. The van der Waals surface area contributed by atoms with Crippen LogP contribution in [0.3, 0.4) is 0 Å². The van der Waals surface area contributed by atoms with Crippen molar-refractivity contribution in [3.63, 3.8) is 0 Å². The number of carbonyl (C=O) groups excluding carboxylic acids is 1. The summed E-state index contributed by atoms with van der Waals surface area (Å²) in [6.07, 6.45) is 0.666. The predicted molar refractivity (Wildman–Crippen MR) is 32.1 cm³/mol. The summed E-state index contributed by atoms with van der Waals surface area (Å²) in [5.74, 6) is -0.482. The molecule has 2 N–H and O–H groups in total. The van der Waals surface area contributed by atoms with Crippen molar-refractivity contribution in [2.45, 2.75) is 12.4 Å². The Hall–Kier alpha value is -0.710. The molecule has 1 unspecified atom stereocenters. The number of hydrogen-bond acceptors (Lipinski definition) is 4. The van der Waals surface area contributed by atoms with Gasteiger partial charge in [0.1, 0.15) is 6.10 Å². The highest BCUT2D eigenvalue weighted by Crippen LogP contribution is 2.05. The Balaban J connectivity index is 2.59. The SMILES string of the molecule is O=C1C=C[C@@H](CO)OC1O. The average molecular weight is 144 g/mol. The lowest BCUT2D eigenvalue weighted by Gasteiger charge is -2.18. The Morgan fingerprint density at radius 1 is 1.70 bits per heavy atom. The number of rotatable bonds is 1. The predicted octanol–water partition coefficient (Wildman–Crippen LogP) is -1.18. The third-order valence-corrected chi connectivity index (χ3v) is 1.20. The van der Waals surface area contributed by atoms with Gasteiger partial charge in [0.15, 0.2) is 0 Å². The number of carbonyl (C=O) groups is 1. The van der Waals surface area contributed by atoms with Crippen LogP contribution in [0.5, 0.6) is 0 Å². The van der Waals surface area contributed by atoms with E-state index in [-0.39, 0.29) is 6.61 Å². The fourth-order valence-corrected chi connectivity index (χ4v) is 0.666. The van der Waals surface area contributed by atoms with Gasteiger partial charge in [0.2, 0.25) is 12.1 Å². The van der Waals surface area contributed by atoms with E-state index in [0.717, 1.165) is 0 Å². The van der Waals surface area contributed by atoms with Gasteiger partial charge >= 0.3 is 0 Å². The third-order valence-electron chi connectivity index (χ3n) is 1.20. The average Bonchev–Trinajstić information content (AvgIpc) is 1.95. The second-order valence-electron chi connectivity index (χ2n) is 1.97. The molecule has 0 saturated carbocycles. The second-order valence-corrected chi connectivity index (χ2v) is 1.97. The minimum Gasteiger partial charge on any atom is -0.393 e. The fourth-order valence-electron chi connectivity index (χ4n) is 0.666. The fraction of sp³-hybridized carbons (Fsp3) is 0.500. The highest BCUT2D eigenvalue weighted by Gasteiger charge is 2.21. The Labute approximate surface area is 57.7 Å². The largest absolute Gasteiger partial charge is 0.393 e. The zero-order valence-corrected chi connectivity index (χ0v) is 5.23. The van der Waals surface area contributed by atoms with Crippen molar-refractivity contribution in [3.05, 3.63) is 12.2 Å². The topological polar surface area (TPSA) is 66.8 Å². The molecule has 0 aromatic carbocycles. The first kappa shape index (κ1) is 7.40. The van der Waals surface area contributed by atoms with Gasteiger partial charge in [0, 0.05) is 0 Å². The lowest BCUT2D eigenvalue weighted by molar-refractivity contribution is -0.164. The molecule has 0 spiro atoms. The molecule has 0 saturated heterocycles. The van der Waals surface area contributed by atoms with Crippen molar-refractivity contribution < 1.29 is 19.7 Å². The lowest BCUT2D eigenvalue weighted by Crippen LogP contribution is -2.33. The van der Waals surface area contributed by atoms with E-state index in [1.165, 1.54) is 12.2 Å². The van der Waals surface area contributed by atoms with Gasteiger partial charge in [-0.3, -0.25) is 4.79 Å². The van der Waals surface area contributed by atoms with E-state index >= 15 is 0 Å². The van der Waals surface area contributed by atoms with Crippen molar-refractivity contribution in [2.24, 2.45) is 0 Å². The van der Waals surface area contributed by atoms with Crippen molar-refractivity contribution in [2.75, 3.05) is 6.61 Å². The number of aliphatic hydroxyl groups is 2. The van der Waals surface area contributed by atoms with Gasteiger partial charge in [0.05, 0.1) is 6.61 Å². The Morgan fingerprint density at radius 2 is 2.40 bits per heavy atom. The maximum Gasteiger partial charge on any atom is 0.220 e. The van der Waals surface area contributed by atoms with Gasteiger partial charge in [-0.1, -0.05) is 0 Å². The molecule has 4 heteroatoms. The minimum absolute atomic E-state index is 0.221. The van der Waals surface area contributed by atoms with Crippen LogP contribution in [0.15, 0.2) is 12.2 Å². The summed E-state index contributed by atoms with van der Waals surface area (Å²) in [5, 5.41) is 17.2. The number of ketones is 1. The first-order chi connectivity index (χ1) is 4.74.